The van der Waals surface area contributed by atoms with E-state index in [4.69, 9.17) is 0 Å². The summed E-state index contributed by atoms with van der Waals surface area (Å²) in [6.45, 7) is 8.94. The second kappa shape index (κ2) is 7.27. The minimum absolute atomic E-state index is 0.103. The molecular weight excluding hydrogens is 387 g/mol. The van der Waals surface area contributed by atoms with Crippen molar-refractivity contribution >= 4 is 5.70 Å². The van der Waals surface area contributed by atoms with Crippen molar-refractivity contribution in [3.05, 3.63) is 91.0 Å². The number of halogens is 1. The Morgan fingerprint density at radius 2 is 1.81 bits per heavy atom. The molecule has 3 heterocycles. The molecule has 0 unspecified atom stereocenters. The molecule has 0 saturated carbocycles. The maximum atomic E-state index is 13.3. The minimum Gasteiger partial charge on any atom is -0.220 e. The summed E-state index contributed by atoms with van der Waals surface area (Å²) in [5, 5.41) is 8.62. The van der Waals surface area contributed by atoms with E-state index in [1.165, 1.54) is 23.3 Å². The largest absolute Gasteiger partial charge is 0.220 e. The molecule has 0 aliphatic carbocycles. The molecule has 5 heteroatoms. The van der Waals surface area contributed by atoms with Crippen LogP contribution in [0.5, 0.6) is 0 Å². The van der Waals surface area contributed by atoms with Gasteiger partial charge in [-0.3, -0.25) is 0 Å². The molecule has 0 N–H and O–H groups in total. The van der Waals surface area contributed by atoms with Crippen molar-refractivity contribution < 1.29 is 8.96 Å². The van der Waals surface area contributed by atoms with Crippen LogP contribution in [-0.2, 0) is 5.41 Å². The van der Waals surface area contributed by atoms with Gasteiger partial charge in [-0.2, -0.15) is 4.57 Å². The van der Waals surface area contributed by atoms with Crippen LogP contribution in [0.1, 0.15) is 32.3 Å². The Morgan fingerprint density at radius 3 is 2.55 bits per heavy atom. The van der Waals surface area contributed by atoms with Gasteiger partial charge in [0.1, 0.15) is 11.5 Å². The predicted molar refractivity (Wildman–Crippen MR) is 120 cm³/mol. The molecule has 0 bridgehead atoms. The zero-order valence-corrected chi connectivity index (χ0v) is 17.7. The summed E-state index contributed by atoms with van der Waals surface area (Å²) in [7, 11) is 0. The Labute approximate surface area is 181 Å². The van der Waals surface area contributed by atoms with E-state index in [0.29, 0.717) is 5.69 Å². The van der Waals surface area contributed by atoms with Crippen LogP contribution in [0.15, 0.2) is 79.6 Å². The number of allylic oxidation sites excluding steroid dienone is 1. The lowest BCUT2D eigenvalue weighted by atomic mass is 9.69. The molecule has 0 saturated heterocycles. The van der Waals surface area contributed by atoms with Gasteiger partial charge in [-0.25, -0.2) is 9.07 Å². The standard InChI is InChI=1S/C26H24FN4/c1-4-26(5-2)18(3)30-15-7-6-8-25(30)22-16-21(13-14-23(22)26)31-17-24(28-29-31)19-9-11-20(27)12-10-19/h6-17H,3-5H2,1-2H3/q+1. The highest BCUT2D eigenvalue weighted by Crippen LogP contribution is 2.46. The SMILES string of the molecule is C=C1[n+]2ccccc2-c2cc(-n3cc(-c4ccc(F)cc4)nn3)ccc2C1(CC)CC. The van der Waals surface area contributed by atoms with Crippen molar-refractivity contribution in [1.29, 1.82) is 0 Å². The highest BCUT2D eigenvalue weighted by molar-refractivity contribution is 5.74. The lowest BCUT2D eigenvalue weighted by Gasteiger charge is -2.35. The van der Waals surface area contributed by atoms with Crippen molar-refractivity contribution in [2.45, 2.75) is 32.1 Å². The van der Waals surface area contributed by atoms with E-state index >= 15 is 0 Å². The van der Waals surface area contributed by atoms with Crippen LogP contribution < -0.4 is 4.57 Å². The van der Waals surface area contributed by atoms with Crippen LogP contribution in [0.25, 0.3) is 33.9 Å². The number of hydrogen-bond acceptors (Lipinski definition) is 2. The quantitative estimate of drug-likeness (QED) is 0.412. The van der Waals surface area contributed by atoms with Gasteiger partial charge in [0.05, 0.1) is 22.9 Å². The first-order chi connectivity index (χ1) is 15.1. The number of aromatic nitrogens is 4. The first-order valence-corrected chi connectivity index (χ1v) is 10.6. The number of nitrogens with zero attached hydrogens (tertiary/aromatic N) is 4. The van der Waals surface area contributed by atoms with E-state index in [1.807, 2.05) is 12.3 Å². The zero-order valence-electron chi connectivity index (χ0n) is 17.7. The zero-order chi connectivity index (χ0) is 21.6. The first kappa shape index (κ1) is 19.4. The van der Waals surface area contributed by atoms with E-state index in [0.717, 1.165) is 35.5 Å². The number of benzene rings is 2. The second-order valence-electron chi connectivity index (χ2n) is 7.98. The monoisotopic (exact) mass is 411 g/mol. The second-order valence-corrected chi connectivity index (χ2v) is 7.98. The van der Waals surface area contributed by atoms with Gasteiger partial charge in [0.25, 0.3) is 0 Å². The van der Waals surface area contributed by atoms with Gasteiger partial charge < -0.3 is 0 Å². The maximum Gasteiger partial charge on any atom is 0.218 e. The average Bonchev–Trinajstić information content (AvgIpc) is 3.31. The Bertz CT molecular complexity index is 1280. The first-order valence-electron chi connectivity index (χ1n) is 10.6. The van der Waals surface area contributed by atoms with Gasteiger partial charge in [-0.1, -0.05) is 25.1 Å². The van der Waals surface area contributed by atoms with Gasteiger partial charge >= 0.3 is 0 Å². The van der Waals surface area contributed by atoms with Crippen LogP contribution in [0.4, 0.5) is 4.39 Å². The molecular formula is C26H24FN4+. The topological polar surface area (TPSA) is 34.6 Å². The van der Waals surface area contributed by atoms with Crippen LogP contribution in [0.2, 0.25) is 0 Å². The molecule has 2 aromatic carbocycles. The third kappa shape index (κ3) is 2.92. The summed E-state index contributed by atoms with van der Waals surface area (Å²) in [6, 6.07) is 19.0. The smallest absolute Gasteiger partial charge is 0.218 e. The molecule has 0 fully saturated rings. The van der Waals surface area contributed by atoms with Crippen molar-refractivity contribution in [3.8, 4) is 28.2 Å². The molecule has 2 aromatic heterocycles. The predicted octanol–water partition coefficient (Wildman–Crippen LogP) is 5.57. The molecule has 4 aromatic rings. The average molecular weight is 412 g/mol. The Balaban J connectivity index is 1.64. The van der Waals surface area contributed by atoms with Crippen LogP contribution in [0.3, 0.4) is 0 Å². The highest BCUT2D eigenvalue weighted by Gasteiger charge is 2.45. The summed E-state index contributed by atoms with van der Waals surface area (Å²) in [6.07, 6.45) is 5.93. The molecule has 0 amide bonds. The van der Waals surface area contributed by atoms with E-state index in [2.05, 4.69) is 71.8 Å². The van der Waals surface area contributed by atoms with Crippen molar-refractivity contribution in [2.75, 3.05) is 0 Å². The summed E-state index contributed by atoms with van der Waals surface area (Å²) in [5.41, 5.74) is 7.10. The van der Waals surface area contributed by atoms with Gasteiger partial charge in [0.15, 0.2) is 11.9 Å². The molecule has 1 aliphatic rings. The normalized spacial score (nSPS) is 14.2. The number of fused-ring (bicyclic) bond motifs is 3. The number of rotatable bonds is 4. The van der Waals surface area contributed by atoms with Gasteiger partial charge in [-0.15, -0.1) is 5.10 Å². The third-order valence-corrected chi connectivity index (χ3v) is 6.60. The van der Waals surface area contributed by atoms with Crippen LogP contribution in [0, 0.1) is 5.82 Å². The van der Waals surface area contributed by atoms with Crippen LogP contribution >= 0.6 is 0 Å². The molecule has 0 spiro atoms. The Hall–Kier alpha value is -3.60. The van der Waals surface area contributed by atoms with Crippen molar-refractivity contribution in [2.24, 2.45) is 0 Å². The van der Waals surface area contributed by atoms with Gasteiger partial charge in [-0.05, 0) is 67.4 Å². The molecule has 154 valence electrons. The van der Waals surface area contributed by atoms with E-state index in [1.54, 1.807) is 16.8 Å². The molecule has 0 radical (unpaired) electrons. The molecule has 1 aliphatic heterocycles. The lowest BCUT2D eigenvalue weighted by Crippen LogP contribution is -2.48. The van der Waals surface area contributed by atoms with E-state index in [-0.39, 0.29) is 11.2 Å². The molecule has 5 rings (SSSR count). The van der Waals surface area contributed by atoms with Gasteiger partial charge in [0.2, 0.25) is 5.69 Å². The fourth-order valence-electron chi connectivity index (χ4n) is 4.77. The van der Waals surface area contributed by atoms with Gasteiger partial charge in [0, 0.05) is 17.7 Å². The summed E-state index contributed by atoms with van der Waals surface area (Å²) in [4.78, 5) is 0. The third-order valence-electron chi connectivity index (χ3n) is 6.60. The Morgan fingerprint density at radius 1 is 1.03 bits per heavy atom. The van der Waals surface area contributed by atoms with E-state index < -0.39 is 0 Å². The fourth-order valence-corrected chi connectivity index (χ4v) is 4.77. The maximum absolute atomic E-state index is 13.3. The van der Waals surface area contributed by atoms with Crippen LogP contribution in [-0.4, -0.2) is 15.0 Å². The summed E-state index contributed by atoms with van der Waals surface area (Å²) >= 11 is 0. The summed E-state index contributed by atoms with van der Waals surface area (Å²) in [5.74, 6) is -0.265. The van der Waals surface area contributed by atoms with Crippen molar-refractivity contribution in [1.82, 2.24) is 15.0 Å². The lowest BCUT2D eigenvalue weighted by molar-refractivity contribution is -0.577. The number of hydrogen-bond donors (Lipinski definition) is 0. The minimum atomic E-state index is -0.265. The Kier molecular flexibility index (Phi) is 4.54. The molecule has 0 atom stereocenters. The van der Waals surface area contributed by atoms with E-state index in [9.17, 15) is 4.39 Å². The summed E-state index contributed by atoms with van der Waals surface area (Å²) < 4.78 is 17.2. The molecule has 4 nitrogen and oxygen atoms in total. The highest BCUT2D eigenvalue weighted by atomic mass is 19.1. The fraction of sp³-hybridized carbons (Fsp3) is 0.192. The number of pyridine rings is 1. The van der Waals surface area contributed by atoms with Crippen molar-refractivity contribution in [3.63, 3.8) is 0 Å². The molecule has 31 heavy (non-hydrogen) atoms.